The van der Waals surface area contributed by atoms with Gasteiger partial charge in [0.2, 0.25) is 0 Å². The van der Waals surface area contributed by atoms with Gasteiger partial charge in [-0.15, -0.1) is 5.10 Å². The third-order valence-corrected chi connectivity index (χ3v) is 6.16. The molecule has 0 unspecified atom stereocenters. The van der Waals surface area contributed by atoms with E-state index in [1.165, 1.54) is 12.1 Å². The van der Waals surface area contributed by atoms with Crippen LogP contribution in [0.5, 0.6) is 17.2 Å². The molecule has 0 spiro atoms. The molecule has 0 saturated carbocycles. The van der Waals surface area contributed by atoms with E-state index in [0.717, 1.165) is 68.7 Å². The minimum Gasteiger partial charge on any atom is -0.490 e. The zero-order valence-electron chi connectivity index (χ0n) is 20.9. The standard InChI is InChI=1S/C22H25N5O4/c28-22-25-24-21-23-20(16-3-1-2-4-17(16)27(21)22)26-9-7-14(8-10-26)31-15-5-6-18-19(13-15)30-12-11-29-18/h5-6,13-14H,1-4,7-12H2,(H,25,28)/i11D2,12D2. The fourth-order valence-corrected chi connectivity index (χ4v) is 4.66. The number of aryl methyl sites for hydroxylation is 1. The molecule has 4 heterocycles. The zero-order valence-corrected chi connectivity index (χ0v) is 16.9. The van der Waals surface area contributed by atoms with E-state index in [1.807, 2.05) is 0 Å². The molecule has 1 saturated heterocycles. The molecular formula is C22H25N5O4. The SMILES string of the molecule is [2H]C1([2H])Oc2ccc(OC3CCN(c4nc5n[nH]c(=O)n5c5c4CCCC5)CC3)cc2OC1([2H])[2H]. The van der Waals surface area contributed by atoms with Crippen LogP contribution in [-0.4, -0.2) is 51.9 Å². The summed E-state index contributed by atoms with van der Waals surface area (Å²) in [6, 6.07) is 4.74. The lowest BCUT2D eigenvalue weighted by molar-refractivity contribution is 0.159. The maximum absolute atomic E-state index is 12.2. The molecule has 9 heteroatoms. The van der Waals surface area contributed by atoms with Gasteiger partial charge in [0, 0.05) is 43.3 Å². The molecule has 1 N–H and O–H groups in total. The average Bonchev–Trinajstić information content (AvgIpc) is 3.20. The average molecular weight is 427 g/mol. The lowest BCUT2D eigenvalue weighted by Crippen LogP contribution is -2.39. The lowest BCUT2D eigenvalue weighted by atomic mass is 9.95. The number of fused-ring (bicyclic) bond motifs is 4. The van der Waals surface area contributed by atoms with E-state index >= 15 is 0 Å². The number of nitrogens with one attached hydrogen (secondary N) is 1. The Balaban J connectivity index is 1.17. The molecule has 3 aliphatic rings. The van der Waals surface area contributed by atoms with Crippen molar-refractivity contribution in [3.05, 3.63) is 39.9 Å². The smallest absolute Gasteiger partial charge is 0.349 e. The molecule has 6 rings (SSSR count). The van der Waals surface area contributed by atoms with Crippen LogP contribution in [0.25, 0.3) is 5.78 Å². The van der Waals surface area contributed by atoms with E-state index in [0.29, 0.717) is 11.5 Å². The van der Waals surface area contributed by atoms with Gasteiger partial charge in [0.15, 0.2) is 11.5 Å². The van der Waals surface area contributed by atoms with Gasteiger partial charge in [-0.2, -0.15) is 4.98 Å². The van der Waals surface area contributed by atoms with Crippen LogP contribution in [0.2, 0.25) is 0 Å². The number of benzene rings is 1. The van der Waals surface area contributed by atoms with E-state index in [4.69, 9.17) is 24.7 Å². The summed E-state index contributed by atoms with van der Waals surface area (Å²) < 4.78 is 49.1. The third-order valence-electron chi connectivity index (χ3n) is 6.16. The molecule has 2 aromatic heterocycles. The first-order valence-electron chi connectivity index (χ1n) is 12.6. The molecule has 1 fully saturated rings. The van der Waals surface area contributed by atoms with Crippen molar-refractivity contribution in [3.63, 3.8) is 0 Å². The highest BCUT2D eigenvalue weighted by atomic mass is 16.6. The Morgan fingerprint density at radius 1 is 1.13 bits per heavy atom. The topological polar surface area (TPSA) is 94.0 Å². The molecule has 0 radical (unpaired) electrons. The quantitative estimate of drug-likeness (QED) is 0.684. The number of aromatic amines is 1. The lowest BCUT2D eigenvalue weighted by Gasteiger charge is -2.35. The van der Waals surface area contributed by atoms with Gasteiger partial charge in [0.25, 0.3) is 5.78 Å². The van der Waals surface area contributed by atoms with Gasteiger partial charge < -0.3 is 19.1 Å². The number of hydrogen-bond donors (Lipinski definition) is 1. The first-order valence-corrected chi connectivity index (χ1v) is 10.6. The fraction of sp³-hybridized carbons (Fsp3) is 0.500. The van der Waals surface area contributed by atoms with Crippen LogP contribution in [0.15, 0.2) is 23.0 Å². The normalized spacial score (nSPS) is 23.9. The Morgan fingerprint density at radius 2 is 1.94 bits per heavy atom. The Hall–Kier alpha value is -3.23. The molecule has 0 amide bonds. The minimum absolute atomic E-state index is 0.0513. The van der Waals surface area contributed by atoms with Crippen molar-refractivity contribution in [2.75, 3.05) is 31.1 Å². The van der Waals surface area contributed by atoms with Gasteiger partial charge in [-0.1, -0.05) is 0 Å². The van der Waals surface area contributed by atoms with Crippen molar-refractivity contribution in [2.24, 2.45) is 0 Å². The van der Waals surface area contributed by atoms with Crippen molar-refractivity contribution in [2.45, 2.75) is 44.6 Å². The maximum Gasteiger partial charge on any atom is 0.349 e. The first-order chi connectivity index (χ1) is 16.7. The molecule has 0 atom stereocenters. The molecule has 2 aliphatic heterocycles. The summed E-state index contributed by atoms with van der Waals surface area (Å²) in [7, 11) is 0. The van der Waals surface area contributed by atoms with Gasteiger partial charge in [-0.3, -0.25) is 0 Å². The van der Waals surface area contributed by atoms with Crippen LogP contribution < -0.4 is 24.8 Å². The Morgan fingerprint density at radius 3 is 2.81 bits per heavy atom. The highest BCUT2D eigenvalue weighted by Crippen LogP contribution is 2.35. The predicted molar refractivity (Wildman–Crippen MR) is 114 cm³/mol. The van der Waals surface area contributed by atoms with E-state index < -0.39 is 13.1 Å². The number of piperidine rings is 1. The van der Waals surface area contributed by atoms with Gasteiger partial charge in [-0.05, 0) is 37.8 Å². The van der Waals surface area contributed by atoms with Crippen molar-refractivity contribution >= 4 is 11.6 Å². The second-order valence-corrected chi connectivity index (χ2v) is 8.05. The number of nitrogens with zero attached hydrogens (tertiary/aromatic N) is 4. The predicted octanol–water partition coefficient (Wildman–Crippen LogP) is 2.12. The number of rotatable bonds is 3. The van der Waals surface area contributed by atoms with Gasteiger partial charge in [-0.25, -0.2) is 14.3 Å². The molecule has 9 nitrogen and oxygen atoms in total. The van der Waals surface area contributed by atoms with Gasteiger partial charge in [0.1, 0.15) is 30.8 Å². The zero-order chi connectivity index (χ0) is 24.4. The maximum atomic E-state index is 12.2. The Bertz CT molecular complexity index is 1350. The molecule has 162 valence electrons. The second kappa shape index (κ2) is 7.47. The Labute approximate surface area is 184 Å². The van der Waals surface area contributed by atoms with Crippen molar-refractivity contribution in [1.29, 1.82) is 0 Å². The summed E-state index contributed by atoms with van der Waals surface area (Å²) in [5, 5.41) is 6.61. The minimum atomic E-state index is -2.61. The summed E-state index contributed by atoms with van der Waals surface area (Å²) in [5.41, 5.74) is 1.90. The number of aromatic nitrogens is 4. The summed E-state index contributed by atoms with van der Waals surface area (Å²) in [4.78, 5) is 19.2. The van der Waals surface area contributed by atoms with Crippen LogP contribution in [0.4, 0.5) is 5.82 Å². The molecule has 31 heavy (non-hydrogen) atoms. The summed E-state index contributed by atoms with van der Waals surface area (Å²) >= 11 is 0. The van der Waals surface area contributed by atoms with Crippen LogP contribution >= 0.6 is 0 Å². The number of H-pyrrole nitrogens is 1. The van der Waals surface area contributed by atoms with E-state index in [1.54, 1.807) is 10.5 Å². The molecular weight excluding hydrogens is 398 g/mol. The number of hydrogen-bond acceptors (Lipinski definition) is 7. The van der Waals surface area contributed by atoms with Crippen molar-refractivity contribution < 1.29 is 19.7 Å². The molecule has 3 aromatic rings. The molecule has 1 aromatic carbocycles. The number of ether oxygens (including phenoxy) is 3. The number of anilines is 1. The van der Waals surface area contributed by atoms with Crippen LogP contribution in [0.3, 0.4) is 0 Å². The largest absolute Gasteiger partial charge is 0.490 e. The van der Waals surface area contributed by atoms with Crippen LogP contribution in [0, 0.1) is 0 Å². The highest BCUT2D eigenvalue weighted by Gasteiger charge is 2.28. The van der Waals surface area contributed by atoms with Crippen LogP contribution in [-0.2, 0) is 12.8 Å². The molecule has 0 bridgehead atoms. The van der Waals surface area contributed by atoms with Crippen molar-refractivity contribution in [1.82, 2.24) is 19.6 Å². The molecule has 1 aliphatic carbocycles. The van der Waals surface area contributed by atoms with Gasteiger partial charge in [0.05, 0.1) is 5.48 Å². The van der Waals surface area contributed by atoms with Crippen molar-refractivity contribution in [3.8, 4) is 17.2 Å². The summed E-state index contributed by atoms with van der Waals surface area (Å²) in [6.45, 7) is -3.73. The highest BCUT2D eigenvalue weighted by molar-refractivity contribution is 5.55. The van der Waals surface area contributed by atoms with Crippen LogP contribution in [0.1, 0.15) is 42.4 Å². The summed E-state index contributed by atoms with van der Waals surface area (Å²) in [5.74, 6) is 2.07. The fourth-order valence-electron chi connectivity index (χ4n) is 4.66. The first kappa shape index (κ1) is 14.7. The third kappa shape index (κ3) is 3.28. The van der Waals surface area contributed by atoms with E-state index in [2.05, 4.69) is 15.1 Å². The van der Waals surface area contributed by atoms with Gasteiger partial charge >= 0.3 is 5.69 Å². The van der Waals surface area contributed by atoms with E-state index in [9.17, 15) is 4.79 Å². The Kier molecular flexibility index (Phi) is 3.55. The van der Waals surface area contributed by atoms with E-state index in [-0.39, 0.29) is 23.3 Å². The monoisotopic (exact) mass is 427 g/mol. The second-order valence-electron chi connectivity index (χ2n) is 8.05. The summed E-state index contributed by atoms with van der Waals surface area (Å²) in [6.07, 6.45) is 5.31.